The second-order valence-electron chi connectivity index (χ2n) is 4.22. The van der Waals surface area contributed by atoms with Gasteiger partial charge in [-0.3, -0.25) is 4.79 Å². The molecule has 0 bridgehead atoms. The number of nitrogens with one attached hydrogen (secondary N) is 1. The van der Waals surface area contributed by atoms with Gasteiger partial charge in [-0.15, -0.1) is 0 Å². The highest BCUT2D eigenvalue weighted by Crippen LogP contribution is 2.06. The topological polar surface area (TPSA) is 49.3 Å². The molecule has 0 aromatic heterocycles. The first-order valence-electron chi connectivity index (χ1n) is 6.20. The lowest BCUT2D eigenvalue weighted by Crippen LogP contribution is -2.36. The van der Waals surface area contributed by atoms with E-state index in [2.05, 4.69) is 36.5 Å². The van der Waals surface area contributed by atoms with E-state index < -0.39 is 12.0 Å². The molecule has 1 rings (SSSR count). The van der Waals surface area contributed by atoms with Crippen molar-refractivity contribution in [2.75, 3.05) is 12.0 Å². The molecule has 1 atom stereocenters. The highest BCUT2D eigenvalue weighted by Gasteiger charge is 2.15. The lowest BCUT2D eigenvalue weighted by Gasteiger charge is -2.14. The maximum absolute atomic E-state index is 11.1. The first kappa shape index (κ1) is 15.1. The number of rotatable bonds is 8. The lowest BCUT2D eigenvalue weighted by molar-refractivity contribution is -0.139. The number of hydrogen-bond acceptors (Lipinski definition) is 3. The number of carboxylic acids is 1. The molecule has 0 aliphatic heterocycles. The smallest absolute Gasteiger partial charge is 0.320 e. The predicted molar refractivity (Wildman–Crippen MR) is 77.1 cm³/mol. The molecule has 0 fully saturated rings. The minimum absolute atomic E-state index is 0.455. The second-order valence-corrected chi connectivity index (χ2v) is 5.21. The number of carbonyl (C=O) groups is 1. The molecular formula is C14H21NO2S. The molecule has 18 heavy (non-hydrogen) atoms. The molecule has 100 valence electrons. The summed E-state index contributed by atoms with van der Waals surface area (Å²) in [5.74, 6) is 0.0906. The average molecular weight is 267 g/mol. The molecule has 0 spiro atoms. The van der Waals surface area contributed by atoms with Crippen LogP contribution in [0.15, 0.2) is 24.3 Å². The molecular weight excluding hydrogens is 246 g/mol. The van der Waals surface area contributed by atoms with Gasteiger partial charge >= 0.3 is 5.97 Å². The first-order chi connectivity index (χ1) is 8.67. The van der Waals surface area contributed by atoms with Gasteiger partial charge < -0.3 is 10.4 Å². The predicted octanol–water partition coefficient (Wildman–Crippen LogP) is 2.54. The monoisotopic (exact) mass is 267 g/mol. The number of benzene rings is 1. The van der Waals surface area contributed by atoms with Crippen LogP contribution in [-0.2, 0) is 17.8 Å². The van der Waals surface area contributed by atoms with E-state index in [4.69, 9.17) is 5.11 Å². The molecule has 4 heteroatoms. The Bertz CT molecular complexity index is 365. The Morgan fingerprint density at radius 1 is 1.33 bits per heavy atom. The Morgan fingerprint density at radius 3 is 2.44 bits per heavy atom. The van der Waals surface area contributed by atoms with Gasteiger partial charge in [0.05, 0.1) is 0 Å². The van der Waals surface area contributed by atoms with Gasteiger partial charge in [0.1, 0.15) is 6.04 Å². The Balaban J connectivity index is 2.47. The third-order valence-corrected chi connectivity index (χ3v) is 3.54. The number of hydrogen-bond donors (Lipinski definition) is 2. The molecule has 0 radical (unpaired) electrons. The number of aryl methyl sites for hydroxylation is 1. The summed E-state index contributed by atoms with van der Waals surface area (Å²) in [6.07, 6.45) is 3.67. The van der Waals surface area contributed by atoms with Crippen LogP contribution < -0.4 is 5.32 Å². The van der Waals surface area contributed by atoms with Gasteiger partial charge in [0, 0.05) is 6.54 Å². The number of thioether (sulfide) groups is 1. The molecule has 0 aliphatic rings. The molecule has 3 nitrogen and oxygen atoms in total. The molecule has 1 aromatic carbocycles. The fourth-order valence-electron chi connectivity index (χ4n) is 1.68. The normalized spacial score (nSPS) is 12.3. The van der Waals surface area contributed by atoms with E-state index in [0.29, 0.717) is 13.0 Å². The Kier molecular flexibility index (Phi) is 6.83. The molecule has 0 amide bonds. The SMILES string of the molecule is CCc1ccc(CNC(CCSC)C(=O)O)cc1. The zero-order valence-electron chi connectivity index (χ0n) is 11.0. The molecule has 0 saturated heterocycles. The fourth-order valence-corrected chi connectivity index (χ4v) is 2.15. The minimum atomic E-state index is -0.769. The molecule has 2 N–H and O–H groups in total. The van der Waals surface area contributed by atoms with E-state index in [1.807, 2.05) is 6.26 Å². The van der Waals surface area contributed by atoms with Crippen molar-refractivity contribution in [3.8, 4) is 0 Å². The highest BCUT2D eigenvalue weighted by atomic mass is 32.2. The van der Waals surface area contributed by atoms with Crippen LogP contribution in [0.25, 0.3) is 0 Å². The van der Waals surface area contributed by atoms with Crippen LogP contribution in [0, 0.1) is 0 Å². The van der Waals surface area contributed by atoms with Gasteiger partial charge in [0.25, 0.3) is 0 Å². The summed E-state index contributed by atoms with van der Waals surface area (Å²) < 4.78 is 0. The van der Waals surface area contributed by atoms with Crippen LogP contribution in [0.4, 0.5) is 0 Å². The molecule has 1 unspecified atom stereocenters. The first-order valence-corrected chi connectivity index (χ1v) is 7.59. The summed E-state index contributed by atoms with van der Waals surface area (Å²) in [6, 6.07) is 7.84. The summed E-state index contributed by atoms with van der Waals surface area (Å²) in [6.45, 7) is 2.73. The average Bonchev–Trinajstić information content (AvgIpc) is 2.39. The Labute approximate surface area is 113 Å². The van der Waals surface area contributed by atoms with Crippen molar-refractivity contribution >= 4 is 17.7 Å². The van der Waals surface area contributed by atoms with Crippen LogP contribution in [0.5, 0.6) is 0 Å². The standard InChI is InChI=1S/C14H21NO2S/c1-3-11-4-6-12(7-5-11)10-15-13(14(16)17)8-9-18-2/h4-7,13,15H,3,8-10H2,1-2H3,(H,16,17). The van der Waals surface area contributed by atoms with Crippen molar-refractivity contribution in [3.63, 3.8) is 0 Å². The van der Waals surface area contributed by atoms with Crippen LogP contribution in [-0.4, -0.2) is 29.1 Å². The van der Waals surface area contributed by atoms with Crippen LogP contribution in [0.3, 0.4) is 0 Å². The van der Waals surface area contributed by atoms with Crippen molar-refractivity contribution in [3.05, 3.63) is 35.4 Å². The molecule has 1 aromatic rings. The zero-order chi connectivity index (χ0) is 13.4. The summed E-state index contributed by atoms with van der Waals surface area (Å²) in [7, 11) is 0. The van der Waals surface area contributed by atoms with Crippen molar-refractivity contribution < 1.29 is 9.90 Å². The van der Waals surface area contributed by atoms with Crippen molar-refractivity contribution in [2.24, 2.45) is 0 Å². The molecule has 0 saturated carbocycles. The quantitative estimate of drug-likeness (QED) is 0.760. The van der Waals surface area contributed by atoms with Crippen LogP contribution in [0.2, 0.25) is 0 Å². The van der Waals surface area contributed by atoms with Gasteiger partial charge in [-0.05, 0) is 36.0 Å². The molecule has 0 aliphatic carbocycles. The highest BCUT2D eigenvalue weighted by molar-refractivity contribution is 7.98. The largest absolute Gasteiger partial charge is 0.480 e. The second kappa shape index (κ2) is 8.16. The van der Waals surface area contributed by atoms with Gasteiger partial charge in [0.2, 0.25) is 0 Å². The number of carboxylic acid groups (broad SMARTS) is 1. The lowest BCUT2D eigenvalue weighted by atomic mass is 10.1. The summed E-state index contributed by atoms with van der Waals surface area (Å²) in [4.78, 5) is 11.1. The van der Waals surface area contributed by atoms with Crippen LogP contribution in [0.1, 0.15) is 24.5 Å². The zero-order valence-corrected chi connectivity index (χ0v) is 11.8. The van der Waals surface area contributed by atoms with Crippen molar-refractivity contribution in [1.82, 2.24) is 5.32 Å². The van der Waals surface area contributed by atoms with Crippen molar-refractivity contribution in [2.45, 2.75) is 32.4 Å². The van der Waals surface area contributed by atoms with E-state index in [1.165, 1.54) is 5.56 Å². The van der Waals surface area contributed by atoms with Crippen LogP contribution >= 0.6 is 11.8 Å². The third-order valence-electron chi connectivity index (χ3n) is 2.89. The van der Waals surface area contributed by atoms with E-state index in [0.717, 1.165) is 17.7 Å². The summed E-state index contributed by atoms with van der Waals surface area (Å²) in [5, 5.41) is 12.2. The maximum atomic E-state index is 11.1. The fraction of sp³-hybridized carbons (Fsp3) is 0.500. The van der Waals surface area contributed by atoms with Gasteiger partial charge in [-0.1, -0.05) is 31.2 Å². The van der Waals surface area contributed by atoms with Gasteiger partial charge in [-0.2, -0.15) is 11.8 Å². The molecule has 0 heterocycles. The maximum Gasteiger partial charge on any atom is 0.320 e. The van der Waals surface area contributed by atoms with E-state index in [1.54, 1.807) is 11.8 Å². The summed E-state index contributed by atoms with van der Waals surface area (Å²) in [5.41, 5.74) is 2.43. The van der Waals surface area contributed by atoms with E-state index in [9.17, 15) is 4.79 Å². The van der Waals surface area contributed by atoms with E-state index in [-0.39, 0.29) is 0 Å². The number of aliphatic carboxylic acids is 1. The van der Waals surface area contributed by atoms with E-state index >= 15 is 0 Å². The van der Waals surface area contributed by atoms with Gasteiger partial charge in [-0.25, -0.2) is 0 Å². The Hall–Kier alpha value is -1.00. The Morgan fingerprint density at radius 2 is 1.94 bits per heavy atom. The van der Waals surface area contributed by atoms with Crippen molar-refractivity contribution in [1.29, 1.82) is 0 Å². The third kappa shape index (κ3) is 5.10. The summed E-state index contributed by atoms with van der Waals surface area (Å²) >= 11 is 1.67. The van der Waals surface area contributed by atoms with Gasteiger partial charge in [0.15, 0.2) is 0 Å². The minimum Gasteiger partial charge on any atom is -0.480 e.